The third kappa shape index (κ3) is 3.34. The molecule has 170 valence electrons. The maximum absolute atomic E-state index is 13.6. The van der Waals surface area contributed by atoms with Crippen molar-refractivity contribution in [3.8, 4) is 0 Å². The van der Waals surface area contributed by atoms with E-state index in [1.54, 1.807) is 43.3 Å². The lowest BCUT2D eigenvalue weighted by atomic mass is 9.94. The number of benzene rings is 2. The molecule has 1 aliphatic heterocycles. The zero-order chi connectivity index (χ0) is 24.0. The molecule has 9 nitrogen and oxygen atoms in total. The van der Waals surface area contributed by atoms with Crippen molar-refractivity contribution in [2.45, 2.75) is 13.0 Å². The summed E-state index contributed by atoms with van der Waals surface area (Å²) in [6.45, 7) is 1.66. The van der Waals surface area contributed by atoms with E-state index in [0.717, 1.165) is 0 Å². The second-order valence-corrected chi connectivity index (χ2v) is 7.73. The number of aliphatic hydroxyl groups is 1. The molecule has 0 radical (unpaired) electrons. The quantitative estimate of drug-likeness (QED) is 0.347. The summed E-state index contributed by atoms with van der Waals surface area (Å²) < 4.78 is 15.6. The largest absolute Gasteiger partial charge is 0.503 e. The van der Waals surface area contributed by atoms with Crippen LogP contribution in [0.25, 0.3) is 11.0 Å². The number of ether oxygens (including phenoxy) is 1. The number of furan rings is 1. The monoisotopic (exact) mass is 458 g/mol. The number of anilines is 1. The molecule has 34 heavy (non-hydrogen) atoms. The van der Waals surface area contributed by atoms with Crippen LogP contribution >= 0.6 is 0 Å². The zero-order valence-corrected chi connectivity index (χ0v) is 18.1. The van der Waals surface area contributed by atoms with Crippen LogP contribution in [0.2, 0.25) is 0 Å². The molecule has 4 aromatic rings. The lowest BCUT2D eigenvalue weighted by molar-refractivity contribution is -0.117. The molecule has 0 fully saturated rings. The first-order valence-corrected chi connectivity index (χ1v) is 10.3. The van der Waals surface area contributed by atoms with Crippen LogP contribution in [-0.4, -0.2) is 35.0 Å². The summed E-state index contributed by atoms with van der Waals surface area (Å²) in [6, 6.07) is 15.3. The van der Waals surface area contributed by atoms with E-state index in [0.29, 0.717) is 22.3 Å². The number of aromatic nitrogens is 1. The predicted molar refractivity (Wildman–Crippen MR) is 119 cm³/mol. The summed E-state index contributed by atoms with van der Waals surface area (Å²) in [5.41, 5.74) is 1.08. The topological polar surface area (TPSA) is 123 Å². The van der Waals surface area contributed by atoms with Crippen LogP contribution in [0.3, 0.4) is 0 Å². The Morgan fingerprint density at radius 2 is 1.82 bits per heavy atom. The number of carbonyl (C=O) groups is 3. The van der Waals surface area contributed by atoms with Crippen LogP contribution in [0.1, 0.15) is 38.3 Å². The highest BCUT2D eigenvalue weighted by Gasteiger charge is 2.46. The van der Waals surface area contributed by atoms with Gasteiger partial charge in [-0.1, -0.05) is 35.5 Å². The number of methoxy groups -OCH3 is 1. The minimum atomic E-state index is -1.04. The summed E-state index contributed by atoms with van der Waals surface area (Å²) in [4.78, 5) is 39.7. The van der Waals surface area contributed by atoms with Gasteiger partial charge in [0, 0.05) is 11.5 Å². The average molecular weight is 458 g/mol. The van der Waals surface area contributed by atoms with Crippen LogP contribution in [0.4, 0.5) is 5.82 Å². The van der Waals surface area contributed by atoms with Gasteiger partial charge in [-0.3, -0.25) is 14.5 Å². The van der Waals surface area contributed by atoms with Gasteiger partial charge in [0.25, 0.3) is 5.91 Å². The molecule has 0 saturated carbocycles. The smallest absolute Gasteiger partial charge is 0.337 e. The molecule has 1 atom stereocenters. The third-order valence-corrected chi connectivity index (χ3v) is 5.61. The summed E-state index contributed by atoms with van der Waals surface area (Å²) in [5.74, 6) is -2.16. The molecule has 1 amide bonds. The fourth-order valence-electron chi connectivity index (χ4n) is 4.00. The van der Waals surface area contributed by atoms with Gasteiger partial charge < -0.3 is 18.8 Å². The van der Waals surface area contributed by atoms with E-state index in [2.05, 4.69) is 5.16 Å². The van der Waals surface area contributed by atoms with E-state index in [1.807, 2.05) is 6.07 Å². The Bertz CT molecular complexity index is 1440. The number of rotatable bonds is 5. The van der Waals surface area contributed by atoms with Crippen LogP contribution in [-0.2, 0) is 9.53 Å². The van der Waals surface area contributed by atoms with Crippen molar-refractivity contribution in [1.82, 2.24) is 5.16 Å². The van der Waals surface area contributed by atoms with Gasteiger partial charge in [-0.15, -0.1) is 0 Å². The van der Waals surface area contributed by atoms with Gasteiger partial charge >= 0.3 is 5.97 Å². The maximum Gasteiger partial charge on any atom is 0.337 e. The second kappa shape index (κ2) is 8.04. The number of ketones is 1. The van der Waals surface area contributed by atoms with Gasteiger partial charge in [0.05, 0.1) is 24.3 Å². The summed E-state index contributed by atoms with van der Waals surface area (Å²) in [5, 5.41) is 15.4. The number of hydrogen-bond acceptors (Lipinski definition) is 8. The highest BCUT2D eigenvalue weighted by molar-refractivity contribution is 6.20. The number of amides is 1. The van der Waals surface area contributed by atoms with E-state index in [4.69, 9.17) is 13.7 Å². The fourth-order valence-corrected chi connectivity index (χ4v) is 4.00. The standard InChI is InChI=1S/C25H18N2O7/c1-13-11-19(26-34-13)27-21(14-7-9-15(10-8-14)25(31)32-2)20(23(29)24(27)30)22(28)18-12-16-5-3-4-6-17(16)33-18/h3-12,21,29H,1-2H3/t21-/m1/s1. The van der Waals surface area contributed by atoms with Gasteiger partial charge in [0.1, 0.15) is 11.3 Å². The van der Waals surface area contributed by atoms with Crippen LogP contribution in [0.15, 0.2) is 80.9 Å². The summed E-state index contributed by atoms with van der Waals surface area (Å²) in [6.07, 6.45) is 0. The minimum Gasteiger partial charge on any atom is -0.503 e. The normalized spacial score (nSPS) is 15.9. The number of para-hydroxylation sites is 1. The molecule has 1 aliphatic rings. The molecule has 0 saturated heterocycles. The van der Waals surface area contributed by atoms with E-state index in [9.17, 15) is 19.5 Å². The van der Waals surface area contributed by atoms with Crippen molar-refractivity contribution < 1.29 is 33.2 Å². The highest BCUT2D eigenvalue weighted by atomic mass is 16.5. The number of hydrogen-bond donors (Lipinski definition) is 1. The molecule has 3 heterocycles. The van der Waals surface area contributed by atoms with Crippen molar-refractivity contribution in [3.63, 3.8) is 0 Å². The van der Waals surface area contributed by atoms with Crippen molar-refractivity contribution in [3.05, 3.63) is 94.6 Å². The van der Waals surface area contributed by atoms with E-state index in [-0.39, 0.29) is 22.7 Å². The number of carbonyl (C=O) groups excluding carboxylic acids is 3. The molecule has 2 aromatic carbocycles. The zero-order valence-electron chi connectivity index (χ0n) is 18.1. The first kappa shape index (κ1) is 21.2. The predicted octanol–water partition coefficient (Wildman–Crippen LogP) is 4.30. The maximum atomic E-state index is 13.6. The van der Waals surface area contributed by atoms with Gasteiger partial charge in [0.15, 0.2) is 17.3 Å². The highest BCUT2D eigenvalue weighted by Crippen LogP contribution is 2.42. The Morgan fingerprint density at radius 3 is 2.47 bits per heavy atom. The molecular formula is C25H18N2O7. The van der Waals surface area contributed by atoms with Gasteiger partial charge in [0.2, 0.25) is 5.78 Å². The van der Waals surface area contributed by atoms with Crippen molar-refractivity contribution in [1.29, 1.82) is 0 Å². The number of esters is 1. The molecule has 2 aromatic heterocycles. The minimum absolute atomic E-state index is 0.0232. The summed E-state index contributed by atoms with van der Waals surface area (Å²) in [7, 11) is 1.27. The van der Waals surface area contributed by atoms with Crippen molar-refractivity contribution in [2.24, 2.45) is 0 Å². The molecule has 5 rings (SSSR count). The van der Waals surface area contributed by atoms with Crippen LogP contribution in [0, 0.1) is 6.92 Å². The van der Waals surface area contributed by atoms with Gasteiger partial charge in [-0.2, -0.15) is 0 Å². The van der Waals surface area contributed by atoms with Crippen molar-refractivity contribution in [2.75, 3.05) is 12.0 Å². The molecule has 9 heteroatoms. The molecular weight excluding hydrogens is 440 g/mol. The molecule has 0 bridgehead atoms. The Hall–Kier alpha value is -4.66. The van der Waals surface area contributed by atoms with E-state index < -0.39 is 29.5 Å². The lowest BCUT2D eigenvalue weighted by Gasteiger charge is -2.24. The SMILES string of the molecule is COC(=O)c1ccc([C@@H]2C(C(=O)c3cc4ccccc4o3)=C(O)C(=O)N2c2cc(C)on2)cc1. The third-order valence-electron chi connectivity index (χ3n) is 5.61. The second-order valence-electron chi connectivity index (χ2n) is 7.73. The Labute approximate surface area is 192 Å². The number of nitrogens with zero attached hydrogens (tertiary/aromatic N) is 2. The lowest BCUT2D eigenvalue weighted by Crippen LogP contribution is -2.31. The van der Waals surface area contributed by atoms with E-state index in [1.165, 1.54) is 30.2 Å². The van der Waals surface area contributed by atoms with Crippen molar-refractivity contribution >= 4 is 34.4 Å². The van der Waals surface area contributed by atoms with Crippen LogP contribution < -0.4 is 4.90 Å². The number of aliphatic hydroxyl groups excluding tert-OH is 1. The Kier molecular flexibility index (Phi) is 5.01. The molecule has 0 spiro atoms. The van der Waals surface area contributed by atoms with Gasteiger partial charge in [-0.25, -0.2) is 4.79 Å². The number of Topliss-reactive ketones (excluding diaryl/α,β-unsaturated/α-hetero) is 1. The van der Waals surface area contributed by atoms with E-state index >= 15 is 0 Å². The molecule has 0 aliphatic carbocycles. The Balaban J connectivity index is 1.64. The van der Waals surface area contributed by atoms with Gasteiger partial charge in [-0.05, 0) is 36.8 Å². The fraction of sp³-hybridized carbons (Fsp3) is 0.120. The average Bonchev–Trinajstić information content (AvgIpc) is 3.54. The molecule has 0 unspecified atom stereocenters. The first-order valence-electron chi connectivity index (χ1n) is 10.3. The first-order chi connectivity index (χ1) is 16.4. The Morgan fingerprint density at radius 1 is 1.09 bits per heavy atom. The molecule has 1 N–H and O–H groups in total. The number of aryl methyl sites for hydroxylation is 1. The number of fused-ring (bicyclic) bond motifs is 1. The summed E-state index contributed by atoms with van der Waals surface area (Å²) >= 11 is 0. The van der Waals surface area contributed by atoms with Crippen LogP contribution in [0.5, 0.6) is 0 Å².